The molecule has 0 amide bonds. The summed E-state index contributed by atoms with van der Waals surface area (Å²) in [5.74, 6) is 0.0670. The Morgan fingerprint density at radius 2 is 1.51 bits per heavy atom. The molecule has 0 spiro atoms. The van der Waals surface area contributed by atoms with Crippen LogP contribution in [0.5, 0.6) is 11.5 Å². The number of carbonyl (C=O) groups excluding carboxylic acids is 1. The van der Waals surface area contributed by atoms with E-state index in [1.807, 2.05) is 6.92 Å². The molecule has 2 aliphatic rings. The van der Waals surface area contributed by atoms with Crippen molar-refractivity contribution in [2.45, 2.75) is 144 Å². The van der Waals surface area contributed by atoms with Gasteiger partial charge in [-0.1, -0.05) is 72.6 Å². The number of hydrogen-bond donors (Lipinski definition) is 4. The molecule has 0 saturated heterocycles. The van der Waals surface area contributed by atoms with Gasteiger partial charge in [0.1, 0.15) is 23.2 Å². The predicted octanol–water partition coefficient (Wildman–Crippen LogP) is 4.68. The largest absolute Gasteiger partial charge is 1.00 e. The Kier molecular flexibility index (Phi) is 16.8. The Labute approximate surface area is 324 Å². The average molecular weight is 708 g/mol. The van der Waals surface area contributed by atoms with E-state index in [9.17, 15) is 24.5 Å². The number of esters is 1. The van der Waals surface area contributed by atoms with E-state index in [1.165, 1.54) is 44.9 Å². The molecular formula is C35H57KO10P+. The van der Waals surface area contributed by atoms with Crippen LogP contribution in [-0.2, 0) is 25.0 Å². The van der Waals surface area contributed by atoms with Crippen LogP contribution < -0.4 is 60.6 Å². The monoisotopic (exact) mass is 707 g/mol. The Hall–Kier alpha value is -0.624. The number of benzene rings is 1. The number of rotatable bonds is 18. The maximum atomic E-state index is 13.0. The van der Waals surface area contributed by atoms with Crippen molar-refractivity contribution >= 4 is 13.8 Å². The van der Waals surface area contributed by atoms with Crippen molar-refractivity contribution in [1.29, 1.82) is 0 Å². The number of fused-ring (bicyclic) bond motifs is 1. The molecule has 0 aliphatic carbocycles. The van der Waals surface area contributed by atoms with Crippen LogP contribution in [0.1, 0.15) is 121 Å². The van der Waals surface area contributed by atoms with Crippen molar-refractivity contribution in [1.82, 2.24) is 0 Å². The first-order valence-corrected chi connectivity index (χ1v) is 18.4. The predicted molar refractivity (Wildman–Crippen MR) is 177 cm³/mol. The molecule has 0 fully saturated rings. The van der Waals surface area contributed by atoms with Gasteiger partial charge in [-0.3, -0.25) is 4.89 Å². The third-order valence-corrected chi connectivity index (χ3v) is 10.5. The Morgan fingerprint density at radius 3 is 2.09 bits per heavy atom. The van der Waals surface area contributed by atoms with Gasteiger partial charge < -0.3 is 33.8 Å². The third-order valence-electron chi connectivity index (χ3n) is 9.71. The summed E-state index contributed by atoms with van der Waals surface area (Å²) in [6, 6.07) is 0. The number of cyclic esters (lactones) is 1. The van der Waals surface area contributed by atoms with E-state index in [2.05, 4.69) is 34.6 Å². The minimum atomic E-state index is -4.99. The first-order valence-electron chi connectivity index (χ1n) is 16.9. The van der Waals surface area contributed by atoms with Crippen LogP contribution in [0.25, 0.3) is 0 Å². The second kappa shape index (κ2) is 18.6. The first kappa shape index (κ1) is 42.5. The van der Waals surface area contributed by atoms with Crippen molar-refractivity contribution in [2.75, 3.05) is 6.61 Å². The van der Waals surface area contributed by atoms with Gasteiger partial charge >= 0.3 is 65.2 Å². The zero-order chi connectivity index (χ0) is 34.4. The molecule has 1 unspecified atom stereocenters. The summed E-state index contributed by atoms with van der Waals surface area (Å²) in [5.41, 5.74) is 2.57. The summed E-state index contributed by atoms with van der Waals surface area (Å²) in [7, 11) is -4.99. The molecule has 0 aromatic heterocycles. The van der Waals surface area contributed by atoms with Gasteiger partial charge in [0.25, 0.3) is 5.76 Å². The van der Waals surface area contributed by atoms with E-state index in [1.54, 1.807) is 13.8 Å². The molecule has 4 N–H and O–H groups in total. The maximum absolute atomic E-state index is 13.0. The van der Waals surface area contributed by atoms with Gasteiger partial charge in [-0.05, 0) is 87.8 Å². The minimum Gasteiger partial charge on any atom is -0.505 e. The summed E-state index contributed by atoms with van der Waals surface area (Å²) < 4.78 is 34.9. The van der Waals surface area contributed by atoms with Gasteiger partial charge in [-0.2, -0.15) is 0 Å². The molecule has 47 heavy (non-hydrogen) atoms. The molecule has 0 radical (unpaired) electrons. The van der Waals surface area contributed by atoms with Gasteiger partial charge in [0.05, 0.1) is 6.61 Å². The van der Waals surface area contributed by atoms with E-state index >= 15 is 0 Å². The van der Waals surface area contributed by atoms with Crippen LogP contribution in [0.4, 0.5) is 0 Å². The Bertz CT molecular complexity index is 1300. The molecular weight excluding hydrogens is 650 g/mol. The van der Waals surface area contributed by atoms with Gasteiger partial charge in [-0.25, -0.2) is 9.36 Å². The second-order valence-electron chi connectivity index (χ2n) is 14.4. The number of aliphatic hydroxyl groups excluding tert-OH is 3. The Morgan fingerprint density at radius 1 is 0.936 bits per heavy atom. The van der Waals surface area contributed by atoms with E-state index in [0.717, 1.165) is 48.0 Å². The number of hydrogen-bond acceptors (Lipinski definition) is 9. The van der Waals surface area contributed by atoms with Gasteiger partial charge in [0.2, 0.25) is 0 Å². The van der Waals surface area contributed by atoms with Gasteiger partial charge in [0.15, 0.2) is 11.9 Å². The van der Waals surface area contributed by atoms with E-state index in [0.29, 0.717) is 23.5 Å². The smallest absolute Gasteiger partial charge is 0.505 e. The summed E-state index contributed by atoms with van der Waals surface area (Å²) in [4.78, 5) is 22.7. The molecule has 2 aliphatic heterocycles. The van der Waals surface area contributed by atoms with Gasteiger partial charge in [0, 0.05) is 5.56 Å². The first-order chi connectivity index (χ1) is 21.5. The molecule has 10 nitrogen and oxygen atoms in total. The van der Waals surface area contributed by atoms with Crippen molar-refractivity contribution in [2.24, 2.45) is 17.8 Å². The number of aliphatic hydroxyl groups is 3. The summed E-state index contributed by atoms with van der Waals surface area (Å²) in [6.07, 6.45) is 9.29. The molecule has 3 rings (SSSR count). The van der Waals surface area contributed by atoms with Crippen molar-refractivity contribution in [3.63, 3.8) is 0 Å². The number of carbonyl (C=O) groups is 1. The number of phosphoric acid groups is 1. The van der Waals surface area contributed by atoms with Crippen molar-refractivity contribution in [3.05, 3.63) is 33.8 Å². The fourth-order valence-corrected chi connectivity index (χ4v) is 7.49. The third kappa shape index (κ3) is 11.7. The fraction of sp³-hybridized carbons (Fsp3) is 0.743. The summed E-state index contributed by atoms with van der Waals surface area (Å²) in [5, 5.41) is 29.1. The van der Waals surface area contributed by atoms with Crippen molar-refractivity contribution < 1.29 is 99.5 Å². The topological polar surface area (TPSA) is 152 Å². The minimum absolute atomic E-state index is 0. The average Bonchev–Trinajstić information content (AvgIpc) is 3.25. The summed E-state index contributed by atoms with van der Waals surface area (Å²) >= 11 is 0. The van der Waals surface area contributed by atoms with Crippen LogP contribution in [0, 0.1) is 38.5 Å². The number of phosphoric ester groups is 1. The molecule has 1 aromatic carbocycles. The molecule has 12 heteroatoms. The quantitative estimate of drug-likeness (QED) is 0.0962. The molecule has 0 saturated carbocycles. The van der Waals surface area contributed by atoms with Crippen molar-refractivity contribution in [3.8, 4) is 11.5 Å². The van der Waals surface area contributed by atoms with Crippen LogP contribution in [0.15, 0.2) is 11.5 Å². The van der Waals surface area contributed by atoms with Crippen LogP contribution in [0.3, 0.4) is 0 Å². The number of ether oxygens (including phenoxy) is 2. The fourth-order valence-electron chi connectivity index (χ4n) is 6.55. The van der Waals surface area contributed by atoms with Crippen LogP contribution >= 0.6 is 7.82 Å². The van der Waals surface area contributed by atoms with E-state index in [-0.39, 0.29) is 62.7 Å². The summed E-state index contributed by atoms with van der Waals surface area (Å²) in [6.45, 7) is 16.1. The SMILES string of the molecule is Cc1c(C)c2c(c(C)c1OP(=O)(O)OC1=C(O)[C@@H]([C@@H](O)CO)OC1=O)CC[C@@](C)(CCC[C@H](C)CCC[C@H](C)CCCC(C)C)O2.[K+]. The maximum Gasteiger partial charge on any atom is 1.00 e. The molecule has 0 bridgehead atoms. The van der Waals surface area contributed by atoms with E-state index in [4.69, 9.17) is 23.6 Å². The van der Waals surface area contributed by atoms with Crippen LogP contribution in [0.2, 0.25) is 0 Å². The second-order valence-corrected chi connectivity index (χ2v) is 15.7. The van der Waals surface area contributed by atoms with Gasteiger partial charge in [-0.15, -0.1) is 0 Å². The standard InChI is InChI=1S/C35H57O10P.K/c1-21(2)12-9-13-22(3)14-10-15-23(4)16-11-18-35(8)19-17-27-26(7)30(24(5)25(6)31(27)43-35)44-46(40,41)45-33-29(38)32(28(37)20-36)42-34(33)39;/h21-23,28,32,36-38H,9-20H2,1-8H3,(H,40,41);/q;+1/t22-,23-,28+,32-,35-;/m1./s1. The molecule has 2 heterocycles. The Balaban J connectivity index is 0.00000768. The molecule has 262 valence electrons. The zero-order valence-electron chi connectivity index (χ0n) is 30.1. The van der Waals surface area contributed by atoms with Crippen LogP contribution in [-0.4, -0.2) is 50.6 Å². The zero-order valence-corrected chi connectivity index (χ0v) is 34.1. The van der Waals surface area contributed by atoms with E-state index < -0.39 is 44.1 Å². The molecule has 6 atom stereocenters. The molecule has 1 aromatic rings. The normalized spacial score (nSPS) is 22.5.